The van der Waals surface area contributed by atoms with Crippen LogP contribution in [0.4, 0.5) is 0 Å². The van der Waals surface area contributed by atoms with Crippen LogP contribution in [0.5, 0.6) is 0 Å². The van der Waals surface area contributed by atoms with Crippen molar-refractivity contribution < 1.29 is 9.53 Å². The van der Waals surface area contributed by atoms with Crippen molar-refractivity contribution in [2.75, 3.05) is 20.3 Å². The Hall–Kier alpha value is -1.65. The molecule has 20 heavy (non-hydrogen) atoms. The Balaban J connectivity index is 2.08. The molecule has 2 rings (SSSR count). The Morgan fingerprint density at radius 1 is 1.25 bits per heavy atom. The predicted octanol–water partition coefficient (Wildman–Crippen LogP) is 3.49. The highest BCUT2D eigenvalue weighted by Gasteiger charge is 2.13. The summed E-state index contributed by atoms with van der Waals surface area (Å²) in [5.41, 5.74) is 3.30. The number of hydrogen-bond donors (Lipinski definition) is 1. The second-order valence-electron chi connectivity index (χ2n) is 4.63. The third-order valence-electron chi connectivity index (χ3n) is 3.04. The zero-order valence-electron chi connectivity index (χ0n) is 11.8. The van der Waals surface area contributed by atoms with Crippen LogP contribution in [0.15, 0.2) is 35.7 Å². The van der Waals surface area contributed by atoms with E-state index in [0.717, 1.165) is 22.4 Å². The van der Waals surface area contributed by atoms with Gasteiger partial charge in [-0.1, -0.05) is 29.8 Å². The third kappa shape index (κ3) is 3.68. The standard InChI is InChI=1S/C16H19NO2S/c1-12-4-6-13(7-5-12)14-8-11-20-15(14)16(18)17-9-3-10-19-2/h4-8,11H,3,9-10H2,1-2H3,(H,17,18). The second-order valence-corrected chi connectivity index (χ2v) is 5.55. The minimum absolute atomic E-state index is 0.00771. The van der Waals surface area contributed by atoms with Gasteiger partial charge in [-0.2, -0.15) is 0 Å². The van der Waals surface area contributed by atoms with Gasteiger partial charge in [-0.3, -0.25) is 4.79 Å². The fourth-order valence-corrected chi connectivity index (χ4v) is 2.78. The molecule has 0 saturated heterocycles. The minimum Gasteiger partial charge on any atom is -0.385 e. The van der Waals surface area contributed by atoms with Gasteiger partial charge in [0.25, 0.3) is 5.91 Å². The molecular weight excluding hydrogens is 270 g/mol. The van der Waals surface area contributed by atoms with E-state index in [0.29, 0.717) is 13.2 Å². The van der Waals surface area contributed by atoms with Gasteiger partial charge >= 0.3 is 0 Å². The summed E-state index contributed by atoms with van der Waals surface area (Å²) in [6.07, 6.45) is 0.827. The highest BCUT2D eigenvalue weighted by molar-refractivity contribution is 7.12. The molecule has 0 saturated carbocycles. The van der Waals surface area contributed by atoms with Gasteiger partial charge in [-0.25, -0.2) is 0 Å². The molecule has 0 bridgehead atoms. The van der Waals surface area contributed by atoms with E-state index >= 15 is 0 Å². The van der Waals surface area contributed by atoms with Crippen molar-refractivity contribution in [1.82, 2.24) is 5.32 Å². The number of rotatable bonds is 6. The van der Waals surface area contributed by atoms with Gasteiger partial charge in [-0.15, -0.1) is 11.3 Å². The van der Waals surface area contributed by atoms with Crippen molar-refractivity contribution in [3.8, 4) is 11.1 Å². The molecule has 0 fully saturated rings. The number of carbonyl (C=O) groups is 1. The van der Waals surface area contributed by atoms with Gasteiger partial charge in [-0.05, 0) is 30.4 Å². The van der Waals surface area contributed by atoms with Crippen LogP contribution in [-0.4, -0.2) is 26.2 Å². The van der Waals surface area contributed by atoms with Crippen molar-refractivity contribution in [2.45, 2.75) is 13.3 Å². The topological polar surface area (TPSA) is 38.3 Å². The Morgan fingerprint density at radius 3 is 2.70 bits per heavy atom. The molecular formula is C16H19NO2S. The lowest BCUT2D eigenvalue weighted by atomic mass is 10.0. The summed E-state index contributed by atoms with van der Waals surface area (Å²) < 4.78 is 4.97. The molecule has 1 amide bonds. The molecule has 0 unspecified atom stereocenters. The SMILES string of the molecule is COCCCNC(=O)c1sccc1-c1ccc(C)cc1. The number of aryl methyl sites for hydroxylation is 1. The van der Waals surface area contributed by atoms with Crippen LogP contribution >= 0.6 is 11.3 Å². The summed E-state index contributed by atoms with van der Waals surface area (Å²) in [6.45, 7) is 3.36. The van der Waals surface area contributed by atoms with Crippen LogP contribution in [0.1, 0.15) is 21.7 Å². The number of amides is 1. The molecule has 1 aromatic heterocycles. The second kappa shape index (κ2) is 7.22. The monoisotopic (exact) mass is 289 g/mol. The lowest BCUT2D eigenvalue weighted by molar-refractivity contribution is 0.0953. The van der Waals surface area contributed by atoms with Gasteiger partial charge in [0, 0.05) is 25.8 Å². The molecule has 0 spiro atoms. The summed E-state index contributed by atoms with van der Waals surface area (Å²) in [7, 11) is 1.66. The maximum absolute atomic E-state index is 12.2. The Kier molecular flexibility index (Phi) is 5.32. The van der Waals surface area contributed by atoms with Gasteiger partial charge < -0.3 is 10.1 Å². The largest absolute Gasteiger partial charge is 0.385 e. The van der Waals surface area contributed by atoms with Crippen LogP contribution in [-0.2, 0) is 4.74 Å². The number of methoxy groups -OCH3 is 1. The van der Waals surface area contributed by atoms with Crippen LogP contribution in [0.2, 0.25) is 0 Å². The van der Waals surface area contributed by atoms with Gasteiger partial charge in [0.1, 0.15) is 0 Å². The summed E-state index contributed by atoms with van der Waals surface area (Å²) >= 11 is 1.48. The van der Waals surface area contributed by atoms with E-state index in [4.69, 9.17) is 4.74 Å². The van der Waals surface area contributed by atoms with E-state index in [-0.39, 0.29) is 5.91 Å². The average Bonchev–Trinajstić information content (AvgIpc) is 2.93. The number of ether oxygens (including phenoxy) is 1. The maximum Gasteiger partial charge on any atom is 0.261 e. The molecule has 0 aliphatic rings. The third-order valence-corrected chi connectivity index (χ3v) is 3.96. The molecule has 1 heterocycles. The molecule has 0 aliphatic carbocycles. The molecule has 4 heteroatoms. The smallest absolute Gasteiger partial charge is 0.261 e. The minimum atomic E-state index is -0.00771. The summed E-state index contributed by atoms with van der Waals surface area (Å²) in [6, 6.07) is 10.2. The van der Waals surface area contributed by atoms with Crippen LogP contribution in [0.25, 0.3) is 11.1 Å². The summed E-state index contributed by atoms with van der Waals surface area (Å²) in [5, 5.41) is 4.89. The van der Waals surface area contributed by atoms with Crippen molar-refractivity contribution in [2.24, 2.45) is 0 Å². The molecule has 0 radical (unpaired) electrons. The number of nitrogens with one attached hydrogen (secondary N) is 1. The fraction of sp³-hybridized carbons (Fsp3) is 0.312. The molecule has 1 aromatic carbocycles. The zero-order chi connectivity index (χ0) is 14.4. The van der Waals surface area contributed by atoms with Gasteiger partial charge in [0.15, 0.2) is 0 Å². The summed E-state index contributed by atoms with van der Waals surface area (Å²) in [5.74, 6) is -0.00771. The summed E-state index contributed by atoms with van der Waals surface area (Å²) in [4.78, 5) is 13.0. The maximum atomic E-state index is 12.2. The average molecular weight is 289 g/mol. The fourth-order valence-electron chi connectivity index (χ4n) is 1.94. The normalized spacial score (nSPS) is 10.5. The van der Waals surface area contributed by atoms with E-state index in [2.05, 4.69) is 36.5 Å². The molecule has 106 valence electrons. The van der Waals surface area contributed by atoms with Crippen LogP contribution in [0, 0.1) is 6.92 Å². The number of thiophene rings is 1. The number of carbonyl (C=O) groups excluding carboxylic acids is 1. The lowest BCUT2D eigenvalue weighted by Crippen LogP contribution is -2.24. The first-order valence-electron chi connectivity index (χ1n) is 6.64. The number of benzene rings is 1. The van der Waals surface area contributed by atoms with Crippen molar-refractivity contribution in [3.05, 3.63) is 46.2 Å². The van der Waals surface area contributed by atoms with Crippen LogP contribution < -0.4 is 5.32 Å². The van der Waals surface area contributed by atoms with Crippen molar-refractivity contribution in [3.63, 3.8) is 0 Å². The Bertz CT molecular complexity index is 560. The quantitative estimate of drug-likeness (QED) is 0.827. The van der Waals surface area contributed by atoms with E-state index in [1.165, 1.54) is 16.9 Å². The first-order valence-corrected chi connectivity index (χ1v) is 7.52. The Labute approximate surface area is 123 Å². The zero-order valence-corrected chi connectivity index (χ0v) is 12.6. The Morgan fingerprint density at radius 2 is 2.00 bits per heavy atom. The van der Waals surface area contributed by atoms with E-state index < -0.39 is 0 Å². The highest BCUT2D eigenvalue weighted by atomic mass is 32.1. The van der Waals surface area contributed by atoms with E-state index in [1.807, 2.05) is 11.4 Å². The first-order chi connectivity index (χ1) is 9.72. The molecule has 1 N–H and O–H groups in total. The highest BCUT2D eigenvalue weighted by Crippen LogP contribution is 2.28. The lowest BCUT2D eigenvalue weighted by Gasteiger charge is -2.06. The molecule has 0 atom stereocenters. The van der Waals surface area contributed by atoms with Crippen molar-refractivity contribution >= 4 is 17.2 Å². The molecule has 0 aliphatic heterocycles. The first kappa shape index (κ1) is 14.8. The van der Waals surface area contributed by atoms with Gasteiger partial charge in [0.05, 0.1) is 4.88 Å². The predicted molar refractivity (Wildman–Crippen MR) is 83.3 cm³/mol. The van der Waals surface area contributed by atoms with E-state index in [1.54, 1.807) is 7.11 Å². The number of hydrogen-bond acceptors (Lipinski definition) is 3. The van der Waals surface area contributed by atoms with Crippen molar-refractivity contribution in [1.29, 1.82) is 0 Å². The van der Waals surface area contributed by atoms with Gasteiger partial charge in [0.2, 0.25) is 0 Å². The van der Waals surface area contributed by atoms with Crippen LogP contribution in [0.3, 0.4) is 0 Å². The molecule has 3 nitrogen and oxygen atoms in total. The molecule has 2 aromatic rings. The van der Waals surface area contributed by atoms with E-state index in [9.17, 15) is 4.79 Å².